The van der Waals surface area contributed by atoms with Crippen molar-refractivity contribution in [2.75, 3.05) is 0 Å². The molecule has 0 amide bonds. The number of benzene rings is 1. The average Bonchev–Trinajstić information content (AvgIpc) is 3.11. The summed E-state index contributed by atoms with van der Waals surface area (Å²) in [5.41, 5.74) is 2.69. The standard InChI is InChI=1S/C27H36F6O2S2.4C2H6/c28-25(29,26(30,31)36-34)27(32,33)37-35-24-22(19-12-6-2-7-13-19)16-21(18-10-4-1-5-11-18)17-23(24)20-14-8-3-9-15-20;4*1-2/h16-20,34H,1-15H2;4*1-2H3. The minimum Gasteiger partial charge on any atom is -0.419 e. The van der Waals surface area contributed by atoms with Crippen LogP contribution in [0.1, 0.15) is 186 Å². The molecule has 266 valence electrons. The molecule has 1 N–H and O–H groups in total. The molecule has 0 unspecified atom stereocenters. The summed E-state index contributed by atoms with van der Waals surface area (Å²) >= 11 is -2.49. The molecule has 0 spiro atoms. The molecular formula is C35H60F6O2S2. The molecule has 0 saturated heterocycles. The highest BCUT2D eigenvalue weighted by Crippen LogP contribution is 2.56. The minimum absolute atomic E-state index is 0.0544. The van der Waals surface area contributed by atoms with Gasteiger partial charge in [-0.3, -0.25) is 0 Å². The highest BCUT2D eigenvalue weighted by molar-refractivity contribution is 7.96. The molecule has 0 aromatic heterocycles. The van der Waals surface area contributed by atoms with Crippen molar-refractivity contribution in [2.24, 2.45) is 0 Å². The molecule has 0 radical (unpaired) electrons. The summed E-state index contributed by atoms with van der Waals surface area (Å²) in [6, 6.07) is 4.06. The van der Waals surface area contributed by atoms with Crippen LogP contribution in [0.25, 0.3) is 0 Å². The third kappa shape index (κ3) is 12.0. The summed E-state index contributed by atoms with van der Waals surface area (Å²) in [5.74, 6) is -5.18. The zero-order valence-corrected chi connectivity index (χ0v) is 30.6. The van der Waals surface area contributed by atoms with E-state index in [0.29, 0.717) is 5.92 Å². The van der Waals surface area contributed by atoms with E-state index >= 15 is 0 Å². The molecule has 3 fully saturated rings. The van der Waals surface area contributed by atoms with Gasteiger partial charge in [-0.1, -0.05) is 125 Å². The first-order chi connectivity index (χ1) is 21.6. The van der Waals surface area contributed by atoms with Gasteiger partial charge in [0.2, 0.25) is 0 Å². The lowest BCUT2D eigenvalue weighted by Crippen LogP contribution is -2.50. The van der Waals surface area contributed by atoms with E-state index in [4.69, 9.17) is 8.74 Å². The van der Waals surface area contributed by atoms with Crippen molar-refractivity contribution in [3.8, 4) is 5.75 Å². The van der Waals surface area contributed by atoms with Crippen LogP contribution >= 0.6 is 24.1 Å². The normalized spacial score (nSPS) is 18.5. The summed E-state index contributed by atoms with van der Waals surface area (Å²) in [6.07, 6.45) is 15.1. The number of hydrogen-bond acceptors (Lipinski definition) is 4. The number of alkyl halides is 6. The fourth-order valence-electron chi connectivity index (χ4n) is 6.27. The van der Waals surface area contributed by atoms with Crippen LogP contribution in [0.15, 0.2) is 12.1 Å². The van der Waals surface area contributed by atoms with Crippen LogP contribution in [0.2, 0.25) is 0 Å². The lowest BCUT2D eigenvalue weighted by molar-refractivity contribution is -0.239. The first-order valence-corrected chi connectivity index (χ1v) is 19.1. The molecule has 3 aliphatic carbocycles. The van der Waals surface area contributed by atoms with Crippen LogP contribution in [-0.2, 0) is 0 Å². The summed E-state index contributed by atoms with van der Waals surface area (Å²) < 4.78 is 98.5. The van der Waals surface area contributed by atoms with Gasteiger partial charge in [0.25, 0.3) is 0 Å². The Labute approximate surface area is 279 Å². The maximum Gasteiger partial charge on any atom is 0.398 e. The Balaban J connectivity index is 0.00000224. The fourth-order valence-corrected chi connectivity index (χ4v) is 7.19. The Hall–Kier alpha value is -0.740. The number of halogens is 6. The molecule has 10 heteroatoms. The van der Waals surface area contributed by atoms with E-state index in [2.05, 4.69) is 0 Å². The predicted octanol–water partition coefficient (Wildman–Crippen LogP) is 15.0. The zero-order valence-electron chi connectivity index (χ0n) is 28.9. The van der Waals surface area contributed by atoms with E-state index in [1.54, 1.807) is 0 Å². The lowest BCUT2D eigenvalue weighted by Gasteiger charge is -2.33. The average molecular weight is 691 g/mol. The number of rotatable bonds is 9. The van der Waals surface area contributed by atoms with E-state index < -0.39 is 40.5 Å². The van der Waals surface area contributed by atoms with E-state index in [1.807, 2.05) is 67.5 Å². The second-order valence-corrected chi connectivity index (χ2v) is 12.4. The summed E-state index contributed by atoms with van der Waals surface area (Å²) in [6.45, 7) is 16.0. The van der Waals surface area contributed by atoms with Crippen LogP contribution in [0.5, 0.6) is 5.75 Å². The second kappa shape index (κ2) is 22.8. The topological polar surface area (TPSA) is 29.5 Å². The third-order valence-electron chi connectivity index (χ3n) is 8.41. The van der Waals surface area contributed by atoms with Crippen molar-refractivity contribution in [2.45, 2.75) is 186 Å². The predicted molar refractivity (Wildman–Crippen MR) is 183 cm³/mol. The fraction of sp³-hybridized carbons (Fsp3) is 0.829. The first kappa shape index (κ1) is 44.3. The molecule has 0 atom stereocenters. The van der Waals surface area contributed by atoms with Crippen molar-refractivity contribution >= 4 is 24.1 Å². The maximum atomic E-state index is 14.6. The second-order valence-electron chi connectivity index (χ2n) is 10.9. The van der Waals surface area contributed by atoms with Crippen molar-refractivity contribution in [3.05, 3.63) is 28.8 Å². The van der Waals surface area contributed by atoms with Crippen LogP contribution in [0.4, 0.5) is 26.3 Å². The van der Waals surface area contributed by atoms with Gasteiger partial charge in [-0.25, -0.2) is 0 Å². The Bertz CT molecular complexity index is 859. The molecular weight excluding hydrogens is 631 g/mol. The molecule has 3 saturated carbocycles. The van der Waals surface area contributed by atoms with Crippen molar-refractivity contribution in [1.82, 2.24) is 0 Å². The monoisotopic (exact) mass is 690 g/mol. The molecule has 3 aliphatic rings. The lowest BCUT2D eigenvalue weighted by atomic mass is 9.75. The summed E-state index contributed by atoms with van der Waals surface area (Å²) in [4.78, 5) is 0. The molecule has 1 aromatic carbocycles. The van der Waals surface area contributed by atoms with Gasteiger partial charge in [0.05, 0.1) is 12.0 Å². The van der Waals surface area contributed by atoms with Crippen LogP contribution < -0.4 is 4.18 Å². The summed E-state index contributed by atoms with van der Waals surface area (Å²) in [5, 5.41) is -10.6. The Morgan fingerprint density at radius 2 is 0.889 bits per heavy atom. The molecule has 0 heterocycles. The first-order valence-electron chi connectivity index (χ1n) is 17.6. The Morgan fingerprint density at radius 1 is 0.556 bits per heavy atom. The van der Waals surface area contributed by atoms with E-state index in [0.717, 1.165) is 101 Å². The smallest absolute Gasteiger partial charge is 0.398 e. The Kier molecular flexibility index (Phi) is 22.4. The minimum atomic E-state index is -5.82. The van der Waals surface area contributed by atoms with Crippen molar-refractivity contribution in [3.63, 3.8) is 0 Å². The zero-order chi connectivity index (χ0) is 34.7. The van der Waals surface area contributed by atoms with Crippen molar-refractivity contribution in [1.29, 1.82) is 0 Å². The Morgan fingerprint density at radius 3 is 1.22 bits per heavy atom. The van der Waals surface area contributed by atoms with Gasteiger partial charge in [-0.2, -0.15) is 26.3 Å². The van der Waals surface area contributed by atoms with Gasteiger partial charge in [0.1, 0.15) is 17.8 Å². The molecule has 0 aliphatic heterocycles. The van der Waals surface area contributed by atoms with Gasteiger partial charge in [-0.05, 0) is 73.0 Å². The van der Waals surface area contributed by atoms with E-state index in [1.165, 1.54) is 12.0 Å². The SMILES string of the molecule is CC.CC.CC.CC.OSC(F)(F)C(F)(F)C(F)(F)SOc1c(C2CCCCC2)cc(C2CCCCC2)cc1C1CCCCC1. The van der Waals surface area contributed by atoms with Crippen molar-refractivity contribution < 1.29 is 35.1 Å². The van der Waals surface area contributed by atoms with Gasteiger partial charge in [-0.15, -0.1) is 0 Å². The van der Waals surface area contributed by atoms with Crippen LogP contribution in [-0.4, -0.2) is 21.0 Å². The maximum absolute atomic E-state index is 14.6. The quantitative estimate of drug-likeness (QED) is 0.206. The van der Waals surface area contributed by atoms with Gasteiger partial charge >= 0.3 is 16.4 Å². The molecule has 4 rings (SSSR count). The summed E-state index contributed by atoms with van der Waals surface area (Å²) in [7, 11) is 0. The van der Waals surface area contributed by atoms with Gasteiger partial charge in [0, 0.05) is 0 Å². The van der Waals surface area contributed by atoms with Crippen LogP contribution in [0.3, 0.4) is 0 Å². The molecule has 0 bridgehead atoms. The highest BCUT2D eigenvalue weighted by atomic mass is 32.2. The van der Waals surface area contributed by atoms with E-state index in [-0.39, 0.29) is 17.6 Å². The number of hydrogen-bond donors (Lipinski definition) is 1. The van der Waals surface area contributed by atoms with Crippen LogP contribution in [0, 0.1) is 0 Å². The van der Waals surface area contributed by atoms with E-state index in [9.17, 15) is 26.3 Å². The molecule has 45 heavy (non-hydrogen) atoms. The molecule has 1 aromatic rings. The van der Waals surface area contributed by atoms with Gasteiger partial charge in [0.15, 0.2) is 0 Å². The molecule has 2 nitrogen and oxygen atoms in total. The van der Waals surface area contributed by atoms with Gasteiger partial charge < -0.3 is 8.74 Å². The third-order valence-corrected chi connectivity index (χ3v) is 9.61. The largest absolute Gasteiger partial charge is 0.419 e. The highest BCUT2D eigenvalue weighted by Gasteiger charge is 2.74.